The number of nitrogens with one attached hydrogen (secondary N) is 1. The SMILES string of the molecule is COc1ccc(C(OC(C(=O)COc2ccccc2)[C@H]2O[C@@H](n3cnc4c(N)ncnc43)C[C@@H]2OP(=O)(OCCOCCOCCOCCOCCO[C@@H]2O[C@H](COC(C)=O)[C@H](OC(C)=O)[C@H](OC(C)=O)[C@H]2NC(C)=O)N(C(C)C)C(C)C)(c2ccccc2)c2ccc(OC)cc2)cc1. The van der Waals surface area contributed by atoms with Crippen molar-refractivity contribution in [1.82, 2.24) is 29.5 Å². The van der Waals surface area contributed by atoms with E-state index in [0.29, 0.717) is 45.1 Å². The van der Waals surface area contributed by atoms with E-state index in [4.69, 9.17) is 81.1 Å². The Morgan fingerprint density at radius 1 is 0.657 bits per heavy atom. The van der Waals surface area contributed by atoms with Crippen LogP contribution in [0.3, 0.4) is 0 Å². The molecular weight excluding hydrogens is 1310 g/mol. The van der Waals surface area contributed by atoms with Crippen LogP contribution in [-0.4, -0.2) is 208 Å². The van der Waals surface area contributed by atoms with Crippen molar-refractivity contribution in [3.05, 3.63) is 139 Å². The lowest BCUT2D eigenvalue weighted by Crippen LogP contribution is -2.66. The molecule has 0 saturated carbocycles. The molecule has 29 nitrogen and oxygen atoms in total. The fourth-order valence-corrected chi connectivity index (χ4v) is 14.0. The average molecular weight is 1400 g/mol. The Hall–Kier alpha value is -8.03. The molecule has 0 aliphatic carbocycles. The predicted molar refractivity (Wildman–Crippen MR) is 356 cm³/mol. The molecule has 0 spiro atoms. The average Bonchev–Trinajstić information content (AvgIpc) is 1.55. The molecule has 538 valence electrons. The highest BCUT2D eigenvalue weighted by Gasteiger charge is 2.55. The number of fused-ring (bicyclic) bond motifs is 1. The van der Waals surface area contributed by atoms with Crippen molar-refractivity contribution in [1.29, 1.82) is 0 Å². The standard InChI is InChI=1S/C69H90N7O22P/c1-44(2)76(45(3)4)99(82,92-38-36-88-34-32-86-30-29-85-31-33-87-35-37-89-68-60(74-46(5)77)65(94-49(8)80)64(93-48(7)79)58(95-68)41-90-47(6)78)98-57-39-59(75-43-73-61-66(70)71-42-72-67(61)75)96-63(57)62(56(81)40-91-55-19-15-12-16-20-55)97-69(50-17-13-11-14-18-50,51-21-25-53(83-9)26-22-51)52-23-27-54(84-10)28-24-52/h11-28,42-45,57-60,62-65,68H,29-41H2,1-10H3,(H,74,77)(H2,70,71,72)/t57-,58+,59+,60+,62?,63-,64-,65+,68+,99?/m0/s1. The number of rotatable bonds is 40. The van der Waals surface area contributed by atoms with Crippen LogP contribution in [0.4, 0.5) is 5.82 Å². The predicted octanol–water partition coefficient (Wildman–Crippen LogP) is 7.11. The molecule has 2 fully saturated rings. The lowest BCUT2D eigenvalue weighted by Gasteiger charge is -2.44. The number of nitrogen functional groups attached to an aromatic ring is 1. The quantitative estimate of drug-likeness (QED) is 0.0127. The number of hydrogen-bond donors (Lipinski definition) is 2. The summed E-state index contributed by atoms with van der Waals surface area (Å²) in [6, 6.07) is 31.2. The number of imidazole rings is 1. The van der Waals surface area contributed by atoms with Crippen LogP contribution in [0.2, 0.25) is 0 Å². The Labute approximate surface area is 575 Å². The molecule has 10 atom stereocenters. The summed E-state index contributed by atoms with van der Waals surface area (Å²) in [5, 5.41) is 2.65. The molecule has 4 heterocycles. The molecule has 2 unspecified atom stereocenters. The summed E-state index contributed by atoms with van der Waals surface area (Å²) in [5.74, 6) is -1.42. The first-order valence-corrected chi connectivity index (χ1v) is 34.0. The molecule has 99 heavy (non-hydrogen) atoms. The molecule has 0 bridgehead atoms. The minimum absolute atomic E-state index is 0.0186. The van der Waals surface area contributed by atoms with E-state index in [1.54, 1.807) is 47.7 Å². The van der Waals surface area contributed by atoms with Crippen LogP contribution >= 0.6 is 7.75 Å². The largest absolute Gasteiger partial charge is 0.497 e. The van der Waals surface area contributed by atoms with Crippen molar-refractivity contribution in [3.8, 4) is 17.2 Å². The van der Waals surface area contributed by atoms with Crippen molar-refractivity contribution < 1.29 is 104 Å². The Morgan fingerprint density at radius 3 is 1.73 bits per heavy atom. The molecule has 1 amide bonds. The number of benzene rings is 4. The summed E-state index contributed by atoms with van der Waals surface area (Å²) in [7, 11) is -1.29. The van der Waals surface area contributed by atoms with Crippen LogP contribution in [0.1, 0.15) is 84.7 Å². The Morgan fingerprint density at radius 2 is 1.19 bits per heavy atom. The minimum atomic E-state index is -4.43. The Bertz CT molecular complexity index is 3520. The van der Waals surface area contributed by atoms with Crippen molar-refractivity contribution in [2.45, 2.75) is 135 Å². The van der Waals surface area contributed by atoms with Gasteiger partial charge in [-0.25, -0.2) is 24.2 Å². The summed E-state index contributed by atoms with van der Waals surface area (Å²) in [6.07, 6.45) is -7.19. The van der Waals surface area contributed by atoms with E-state index in [9.17, 15) is 19.2 Å². The van der Waals surface area contributed by atoms with Crippen molar-refractivity contribution in [3.63, 3.8) is 0 Å². The first kappa shape index (κ1) is 76.7. The molecule has 0 radical (unpaired) electrons. The number of ether oxygens (including phenoxy) is 14. The lowest BCUT2D eigenvalue weighted by atomic mass is 9.79. The first-order valence-electron chi connectivity index (χ1n) is 32.5. The monoisotopic (exact) mass is 1400 g/mol. The van der Waals surface area contributed by atoms with E-state index in [-0.39, 0.29) is 84.9 Å². The molecule has 30 heteroatoms. The Balaban J connectivity index is 0.940. The van der Waals surface area contributed by atoms with Crippen molar-refractivity contribution in [2.24, 2.45) is 0 Å². The summed E-state index contributed by atoms with van der Waals surface area (Å²) in [5.41, 5.74) is 7.25. The van der Waals surface area contributed by atoms with Gasteiger partial charge in [0.15, 0.2) is 36.1 Å². The summed E-state index contributed by atoms with van der Waals surface area (Å²) >= 11 is 0. The van der Waals surface area contributed by atoms with Crippen LogP contribution in [0.5, 0.6) is 17.2 Å². The van der Waals surface area contributed by atoms with E-state index in [1.165, 1.54) is 26.5 Å². The molecule has 4 aromatic carbocycles. The van der Waals surface area contributed by atoms with E-state index in [0.717, 1.165) is 13.8 Å². The van der Waals surface area contributed by atoms with Gasteiger partial charge in [-0.15, -0.1) is 0 Å². The highest BCUT2D eigenvalue weighted by molar-refractivity contribution is 7.51. The molecule has 3 N–H and O–H groups in total. The number of hydrogen-bond acceptors (Lipinski definition) is 26. The van der Waals surface area contributed by atoms with Gasteiger partial charge in [-0.3, -0.25) is 37.6 Å². The number of anilines is 1. The number of carbonyl (C=O) groups is 5. The molecule has 2 aliphatic heterocycles. The second-order valence-corrected chi connectivity index (χ2v) is 25.4. The van der Waals surface area contributed by atoms with Crippen LogP contribution in [0.15, 0.2) is 122 Å². The molecule has 2 saturated heterocycles. The molecular formula is C69H90N7O22P. The molecule has 2 aliphatic rings. The van der Waals surface area contributed by atoms with Gasteiger partial charge in [0.2, 0.25) is 11.7 Å². The normalized spacial score (nSPS) is 20.3. The van der Waals surface area contributed by atoms with Gasteiger partial charge in [0, 0.05) is 46.2 Å². The zero-order valence-electron chi connectivity index (χ0n) is 57.3. The number of carbonyl (C=O) groups excluding carboxylic acids is 5. The van der Waals surface area contributed by atoms with Gasteiger partial charge < -0.3 is 77.4 Å². The second kappa shape index (κ2) is 37.4. The first-order chi connectivity index (χ1) is 47.7. The number of esters is 3. The molecule has 2 aromatic heterocycles. The van der Waals surface area contributed by atoms with E-state index in [2.05, 4.69) is 20.3 Å². The number of nitrogens with two attached hydrogens (primary N) is 1. The number of nitrogens with zero attached hydrogens (tertiary/aromatic N) is 5. The highest BCUT2D eigenvalue weighted by atomic mass is 31.2. The highest BCUT2D eigenvalue weighted by Crippen LogP contribution is 2.58. The van der Waals surface area contributed by atoms with Crippen LogP contribution < -0.4 is 25.3 Å². The van der Waals surface area contributed by atoms with Gasteiger partial charge in [0.05, 0.1) is 86.6 Å². The van der Waals surface area contributed by atoms with E-state index in [1.807, 2.05) is 113 Å². The second-order valence-electron chi connectivity index (χ2n) is 23.5. The lowest BCUT2D eigenvalue weighted by molar-refractivity contribution is -0.279. The zero-order valence-corrected chi connectivity index (χ0v) is 58.2. The Kier molecular flexibility index (Phi) is 29.0. The molecule has 6 aromatic rings. The maximum atomic E-state index is 16.1. The number of aromatic nitrogens is 4. The summed E-state index contributed by atoms with van der Waals surface area (Å²) < 4.78 is 116. The topological polar surface area (TPSA) is 335 Å². The molecule has 8 rings (SSSR count). The van der Waals surface area contributed by atoms with Crippen LogP contribution in [0.25, 0.3) is 11.2 Å². The van der Waals surface area contributed by atoms with Gasteiger partial charge in [-0.05, 0) is 80.8 Å². The van der Waals surface area contributed by atoms with Crippen molar-refractivity contribution in [2.75, 3.05) is 99.2 Å². The van der Waals surface area contributed by atoms with Crippen LogP contribution in [0, 0.1) is 0 Å². The summed E-state index contributed by atoms with van der Waals surface area (Å²) in [6.45, 7) is 12.3. The smallest absolute Gasteiger partial charge is 0.409 e. The zero-order chi connectivity index (χ0) is 71.1. The fourth-order valence-electron chi connectivity index (χ4n) is 11.7. The number of ketones is 1. The fraction of sp³-hybridized carbons (Fsp3) is 0.507. The van der Waals surface area contributed by atoms with E-state index < -0.39 is 117 Å². The van der Waals surface area contributed by atoms with E-state index >= 15 is 9.36 Å². The summed E-state index contributed by atoms with van der Waals surface area (Å²) in [4.78, 5) is 77.2. The van der Waals surface area contributed by atoms with Gasteiger partial charge in [0.1, 0.15) is 78.5 Å². The minimum Gasteiger partial charge on any atom is -0.497 e. The van der Waals surface area contributed by atoms with Gasteiger partial charge >= 0.3 is 25.7 Å². The van der Waals surface area contributed by atoms with Gasteiger partial charge in [-0.2, -0.15) is 0 Å². The maximum absolute atomic E-state index is 16.1. The third kappa shape index (κ3) is 20.8. The maximum Gasteiger partial charge on any atom is 0.409 e. The number of para-hydroxylation sites is 1. The number of Topliss-reactive ketones (excluding diaryl/α,β-unsaturated/α-hetero) is 1. The number of amides is 1. The third-order valence-corrected chi connectivity index (χ3v) is 18.4. The third-order valence-electron chi connectivity index (χ3n) is 15.8. The number of methoxy groups -OCH3 is 2. The van der Waals surface area contributed by atoms with Gasteiger partial charge in [-0.1, -0.05) is 72.8 Å². The van der Waals surface area contributed by atoms with Crippen LogP contribution in [-0.2, 0) is 95.3 Å². The van der Waals surface area contributed by atoms with Gasteiger partial charge in [0.25, 0.3) is 0 Å². The van der Waals surface area contributed by atoms with Crippen molar-refractivity contribution >= 4 is 54.3 Å².